The molecule has 0 aromatic carbocycles. The second-order valence-electron chi connectivity index (χ2n) is 7.35. The van der Waals surface area contributed by atoms with Crippen molar-refractivity contribution in [2.45, 2.75) is 38.1 Å². The minimum atomic E-state index is 0.0411. The predicted octanol–water partition coefficient (Wildman–Crippen LogP) is 1.11. The van der Waals surface area contributed by atoms with Crippen LogP contribution in [0.15, 0.2) is 36.9 Å². The third-order valence-electron chi connectivity index (χ3n) is 5.18. The van der Waals surface area contributed by atoms with E-state index in [-0.39, 0.29) is 18.1 Å². The molecule has 0 aliphatic carbocycles. The van der Waals surface area contributed by atoms with Crippen molar-refractivity contribution in [1.29, 1.82) is 0 Å². The lowest BCUT2D eigenvalue weighted by Gasteiger charge is -2.18. The van der Waals surface area contributed by atoms with Gasteiger partial charge in [0.1, 0.15) is 0 Å². The number of nitrogens with zero attached hydrogens (tertiary/aromatic N) is 4. The molecule has 1 N–H and O–H groups in total. The molecule has 2 aromatic heterocycles. The Kier molecular flexibility index (Phi) is 4.99. The number of carbonyl (C=O) groups is 1. The molecule has 2 aromatic rings. The maximum absolute atomic E-state index is 12.2. The minimum Gasteiger partial charge on any atom is -0.373 e. The smallest absolute Gasteiger partial charge is 0.222 e. The third kappa shape index (κ3) is 4.11. The molecule has 0 radical (unpaired) electrons. The molecule has 4 rings (SSSR count). The fourth-order valence-electron chi connectivity index (χ4n) is 4.00. The zero-order valence-corrected chi connectivity index (χ0v) is 15.0. The van der Waals surface area contributed by atoms with Crippen LogP contribution in [-0.2, 0) is 29.7 Å². The van der Waals surface area contributed by atoms with Crippen LogP contribution in [-0.4, -0.2) is 50.9 Å². The maximum Gasteiger partial charge on any atom is 0.222 e. The second-order valence-corrected chi connectivity index (χ2v) is 7.35. The van der Waals surface area contributed by atoms with Crippen molar-refractivity contribution in [3.63, 3.8) is 0 Å². The van der Waals surface area contributed by atoms with Crippen LogP contribution in [0.25, 0.3) is 0 Å². The molecular formula is C19H25N5O2. The molecule has 2 fully saturated rings. The van der Waals surface area contributed by atoms with Crippen LogP contribution in [0.2, 0.25) is 0 Å². The summed E-state index contributed by atoms with van der Waals surface area (Å²) < 4.78 is 7.98. The fraction of sp³-hybridized carbons (Fsp3) is 0.526. The van der Waals surface area contributed by atoms with Crippen molar-refractivity contribution < 1.29 is 9.53 Å². The monoisotopic (exact) mass is 355 g/mol. The normalized spacial score (nSPS) is 25.3. The maximum atomic E-state index is 12.2. The third-order valence-corrected chi connectivity index (χ3v) is 5.18. The van der Waals surface area contributed by atoms with Gasteiger partial charge in [0.2, 0.25) is 5.91 Å². The number of nitrogens with one attached hydrogen (secondary N) is 1. The standard InChI is InChI=1S/C19H25N5O2/c1-23-10-15(9-22-23)11-24-12-16-5-17(26-18(16)13-24)6-19(25)21-8-14-3-2-4-20-7-14/h2-4,7,9-10,16-18H,5-6,8,11-13H2,1H3,(H,21,25)/t16-,17+,18+/m0/s1. The average molecular weight is 355 g/mol. The largest absolute Gasteiger partial charge is 0.373 e. The lowest BCUT2D eigenvalue weighted by Crippen LogP contribution is -2.29. The molecule has 7 nitrogen and oxygen atoms in total. The molecule has 4 heterocycles. The first-order valence-electron chi connectivity index (χ1n) is 9.16. The number of ether oxygens (including phenoxy) is 1. The van der Waals surface area contributed by atoms with E-state index in [1.807, 2.05) is 30.1 Å². The van der Waals surface area contributed by atoms with E-state index in [0.717, 1.165) is 31.6 Å². The van der Waals surface area contributed by atoms with Crippen molar-refractivity contribution in [2.24, 2.45) is 13.0 Å². The van der Waals surface area contributed by atoms with Gasteiger partial charge in [-0.05, 0) is 18.1 Å². The van der Waals surface area contributed by atoms with Crippen molar-refractivity contribution >= 4 is 5.91 Å². The predicted molar refractivity (Wildman–Crippen MR) is 96.0 cm³/mol. The van der Waals surface area contributed by atoms with Gasteiger partial charge in [-0.3, -0.25) is 19.4 Å². The number of carbonyl (C=O) groups excluding carboxylic acids is 1. The molecule has 0 spiro atoms. The fourth-order valence-corrected chi connectivity index (χ4v) is 4.00. The lowest BCUT2D eigenvalue weighted by atomic mass is 10.0. The number of likely N-dealkylation sites (tertiary alicyclic amines) is 1. The Balaban J connectivity index is 1.20. The summed E-state index contributed by atoms with van der Waals surface area (Å²) in [6.45, 7) is 3.41. The first-order valence-corrected chi connectivity index (χ1v) is 9.16. The van der Waals surface area contributed by atoms with Crippen LogP contribution in [0.3, 0.4) is 0 Å². The topological polar surface area (TPSA) is 72.3 Å². The summed E-state index contributed by atoms with van der Waals surface area (Å²) in [5, 5.41) is 7.18. The molecule has 26 heavy (non-hydrogen) atoms. The molecule has 2 aliphatic rings. The van der Waals surface area contributed by atoms with Gasteiger partial charge in [0, 0.05) is 63.3 Å². The van der Waals surface area contributed by atoms with Gasteiger partial charge >= 0.3 is 0 Å². The summed E-state index contributed by atoms with van der Waals surface area (Å²) in [6, 6.07) is 3.83. The number of amides is 1. The zero-order valence-electron chi connectivity index (χ0n) is 15.0. The minimum absolute atomic E-state index is 0.0411. The van der Waals surface area contributed by atoms with Crippen LogP contribution in [0.4, 0.5) is 0 Å². The van der Waals surface area contributed by atoms with Crippen LogP contribution in [0.1, 0.15) is 24.0 Å². The summed E-state index contributed by atoms with van der Waals surface area (Å²) in [7, 11) is 1.94. The Bertz CT molecular complexity index is 733. The first kappa shape index (κ1) is 17.2. The van der Waals surface area contributed by atoms with E-state index in [2.05, 4.69) is 26.5 Å². The number of hydrogen-bond donors (Lipinski definition) is 1. The molecule has 0 bridgehead atoms. The highest BCUT2D eigenvalue weighted by Gasteiger charge is 2.42. The SMILES string of the molecule is Cn1cc(CN2C[C@@H]3C[C@H](CC(=O)NCc4cccnc4)O[C@@H]3C2)cn1. The Labute approximate surface area is 153 Å². The number of hydrogen-bond acceptors (Lipinski definition) is 5. The summed E-state index contributed by atoms with van der Waals surface area (Å²) in [4.78, 5) is 18.6. The average Bonchev–Trinajstić information content (AvgIpc) is 3.29. The quantitative estimate of drug-likeness (QED) is 0.840. The second kappa shape index (κ2) is 7.55. The molecule has 0 unspecified atom stereocenters. The summed E-state index contributed by atoms with van der Waals surface area (Å²) in [5.74, 6) is 0.578. The Morgan fingerprint density at radius 1 is 1.35 bits per heavy atom. The van der Waals surface area contributed by atoms with E-state index in [1.165, 1.54) is 5.56 Å². The number of fused-ring (bicyclic) bond motifs is 1. The number of pyridine rings is 1. The highest BCUT2D eigenvalue weighted by atomic mass is 16.5. The van der Waals surface area contributed by atoms with Crippen molar-refractivity contribution in [3.05, 3.63) is 48.0 Å². The van der Waals surface area contributed by atoms with Gasteiger partial charge in [0.05, 0.1) is 24.8 Å². The van der Waals surface area contributed by atoms with Gasteiger partial charge in [-0.15, -0.1) is 0 Å². The molecule has 2 aliphatic heterocycles. The van der Waals surface area contributed by atoms with Crippen LogP contribution in [0.5, 0.6) is 0 Å². The van der Waals surface area contributed by atoms with Crippen molar-refractivity contribution in [2.75, 3.05) is 13.1 Å². The van der Waals surface area contributed by atoms with E-state index in [0.29, 0.717) is 18.9 Å². The van der Waals surface area contributed by atoms with Gasteiger partial charge in [0.15, 0.2) is 0 Å². The molecule has 7 heteroatoms. The molecule has 2 saturated heterocycles. The summed E-state index contributed by atoms with van der Waals surface area (Å²) in [6.07, 6.45) is 9.18. The van der Waals surface area contributed by atoms with E-state index in [4.69, 9.17) is 4.74 Å². The number of aromatic nitrogens is 3. The van der Waals surface area contributed by atoms with Gasteiger partial charge < -0.3 is 10.1 Å². The molecule has 138 valence electrons. The van der Waals surface area contributed by atoms with Gasteiger partial charge in [-0.1, -0.05) is 6.07 Å². The Morgan fingerprint density at radius 3 is 3.00 bits per heavy atom. The van der Waals surface area contributed by atoms with Gasteiger partial charge in [-0.25, -0.2) is 0 Å². The highest BCUT2D eigenvalue weighted by molar-refractivity contribution is 5.76. The highest BCUT2D eigenvalue weighted by Crippen LogP contribution is 2.34. The number of aryl methyl sites for hydroxylation is 1. The summed E-state index contributed by atoms with van der Waals surface area (Å²) >= 11 is 0. The lowest BCUT2D eigenvalue weighted by molar-refractivity contribution is -0.124. The van der Waals surface area contributed by atoms with E-state index >= 15 is 0 Å². The molecular weight excluding hydrogens is 330 g/mol. The number of rotatable bonds is 6. The summed E-state index contributed by atoms with van der Waals surface area (Å²) in [5.41, 5.74) is 2.25. The Morgan fingerprint density at radius 2 is 2.27 bits per heavy atom. The van der Waals surface area contributed by atoms with Gasteiger partial charge in [-0.2, -0.15) is 5.10 Å². The van der Waals surface area contributed by atoms with E-state index in [9.17, 15) is 4.79 Å². The van der Waals surface area contributed by atoms with Crippen LogP contribution >= 0.6 is 0 Å². The van der Waals surface area contributed by atoms with E-state index in [1.54, 1.807) is 12.4 Å². The molecule has 1 amide bonds. The van der Waals surface area contributed by atoms with Crippen molar-refractivity contribution in [1.82, 2.24) is 25.0 Å². The van der Waals surface area contributed by atoms with Crippen LogP contribution < -0.4 is 5.32 Å². The first-order chi connectivity index (χ1) is 12.7. The van der Waals surface area contributed by atoms with Gasteiger partial charge in [0.25, 0.3) is 0 Å². The molecule has 3 atom stereocenters. The molecule has 0 saturated carbocycles. The Hall–Kier alpha value is -2.25. The van der Waals surface area contributed by atoms with Crippen molar-refractivity contribution in [3.8, 4) is 0 Å². The van der Waals surface area contributed by atoms with Crippen LogP contribution in [0, 0.1) is 5.92 Å². The zero-order chi connectivity index (χ0) is 17.9. The van der Waals surface area contributed by atoms with E-state index < -0.39 is 0 Å².